The van der Waals surface area contributed by atoms with Gasteiger partial charge in [-0.25, -0.2) is 9.97 Å². The van der Waals surface area contributed by atoms with E-state index in [1.165, 1.54) is 18.1 Å². The van der Waals surface area contributed by atoms with Crippen molar-refractivity contribution in [2.75, 3.05) is 0 Å². The van der Waals surface area contributed by atoms with E-state index in [1.54, 1.807) is 12.1 Å². The average molecular weight is 301 g/mol. The first-order chi connectivity index (χ1) is 9.78. The molecule has 0 aliphatic carbocycles. The smallest absolute Gasteiger partial charge is 0.151 e. The molecule has 1 aromatic heterocycles. The SMILES string of the molecule is O=Cc1cc(Cl)ccc1Sc1ncnc2ccccc12. The lowest BCUT2D eigenvalue weighted by molar-refractivity contribution is 0.112. The fraction of sp³-hybridized carbons (Fsp3) is 0. The van der Waals surface area contributed by atoms with Crippen LogP contribution >= 0.6 is 23.4 Å². The molecule has 0 fully saturated rings. The first kappa shape index (κ1) is 13.1. The van der Waals surface area contributed by atoms with Gasteiger partial charge in [0.15, 0.2) is 6.29 Å². The molecule has 1 heterocycles. The topological polar surface area (TPSA) is 42.9 Å². The Bertz CT molecular complexity index is 786. The molecule has 0 amide bonds. The van der Waals surface area contributed by atoms with Crippen LogP contribution in [0.2, 0.25) is 5.02 Å². The van der Waals surface area contributed by atoms with Crippen molar-refractivity contribution in [3.05, 3.63) is 59.4 Å². The Labute approximate surface area is 125 Å². The number of para-hydroxylation sites is 1. The van der Waals surface area contributed by atoms with Gasteiger partial charge in [-0.1, -0.05) is 41.6 Å². The number of carbonyl (C=O) groups is 1. The van der Waals surface area contributed by atoms with Crippen molar-refractivity contribution in [3.63, 3.8) is 0 Å². The summed E-state index contributed by atoms with van der Waals surface area (Å²) in [6.07, 6.45) is 2.33. The maximum atomic E-state index is 11.1. The van der Waals surface area contributed by atoms with Gasteiger partial charge in [0, 0.05) is 20.9 Å². The molecule has 0 spiro atoms. The van der Waals surface area contributed by atoms with Crippen LogP contribution in [0.4, 0.5) is 0 Å². The minimum Gasteiger partial charge on any atom is -0.298 e. The van der Waals surface area contributed by atoms with E-state index < -0.39 is 0 Å². The Morgan fingerprint density at radius 2 is 1.95 bits per heavy atom. The van der Waals surface area contributed by atoms with Crippen LogP contribution in [-0.4, -0.2) is 16.3 Å². The van der Waals surface area contributed by atoms with Crippen molar-refractivity contribution in [1.82, 2.24) is 9.97 Å². The highest BCUT2D eigenvalue weighted by Crippen LogP contribution is 2.33. The molecule has 0 bridgehead atoms. The van der Waals surface area contributed by atoms with E-state index in [9.17, 15) is 4.79 Å². The highest BCUT2D eigenvalue weighted by atomic mass is 35.5. The number of nitrogens with zero attached hydrogens (tertiary/aromatic N) is 2. The second-order valence-corrected chi connectivity index (χ2v) is 5.57. The lowest BCUT2D eigenvalue weighted by atomic mass is 10.2. The van der Waals surface area contributed by atoms with Crippen molar-refractivity contribution in [2.45, 2.75) is 9.92 Å². The highest BCUT2D eigenvalue weighted by Gasteiger charge is 2.09. The molecule has 2 aromatic carbocycles. The molecular formula is C15H9ClN2OS. The van der Waals surface area contributed by atoms with Crippen LogP contribution in [-0.2, 0) is 0 Å². The molecule has 20 heavy (non-hydrogen) atoms. The number of fused-ring (bicyclic) bond motifs is 1. The lowest BCUT2D eigenvalue weighted by Gasteiger charge is -2.06. The van der Waals surface area contributed by atoms with Gasteiger partial charge in [-0.3, -0.25) is 4.79 Å². The average Bonchev–Trinajstić information content (AvgIpc) is 2.49. The minimum atomic E-state index is 0.545. The largest absolute Gasteiger partial charge is 0.298 e. The third kappa shape index (κ3) is 2.53. The Hall–Kier alpha value is -1.91. The zero-order valence-corrected chi connectivity index (χ0v) is 11.9. The van der Waals surface area contributed by atoms with E-state index in [0.717, 1.165) is 27.1 Å². The summed E-state index contributed by atoms with van der Waals surface area (Å²) < 4.78 is 0. The predicted octanol–water partition coefficient (Wildman–Crippen LogP) is 4.25. The van der Waals surface area contributed by atoms with Crippen molar-refractivity contribution in [1.29, 1.82) is 0 Å². The van der Waals surface area contributed by atoms with Crippen LogP contribution in [0.25, 0.3) is 10.9 Å². The molecule has 0 aliphatic rings. The summed E-state index contributed by atoms with van der Waals surface area (Å²) in [5.74, 6) is 0. The fourth-order valence-electron chi connectivity index (χ4n) is 1.87. The standard InChI is InChI=1S/C15H9ClN2OS/c16-11-5-6-14(10(7-11)8-19)20-15-12-3-1-2-4-13(12)17-9-18-15/h1-9H. The van der Waals surface area contributed by atoms with Crippen molar-refractivity contribution in [2.24, 2.45) is 0 Å². The van der Waals surface area contributed by atoms with Gasteiger partial charge in [-0.15, -0.1) is 0 Å². The van der Waals surface area contributed by atoms with Gasteiger partial charge in [0.1, 0.15) is 11.4 Å². The first-order valence-electron chi connectivity index (χ1n) is 5.90. The summed E-state index contributed by atoms with van der Waals surface area (Å²) in [6, 6.07) is 13.0. The molecule has 98 valence electrons. The molecule has 0 saturated carbocycles. The van der Waals surface area contributed by atoms with Crippen LogP contribution in [0, 0.1) is 0 Å². The molecule has 5 heteroatoms. The summed E-state index contributed by atoms with van der Waals surface area (Å²) in [7, 11) is 0. The molecule has 0 unspecified atom stereocenters. The molecular weight excluding hydrogens is 292 g/mol. The van der Waals surface area contributed by atoms with E-state index in [-0.39, 0.29) is 0 Å². The second-order valence-electron chi connectivity index (χ2n) is 4.10. The number of aldehydes is 1. The Balaban J connectivity index is 2.08. The third-order valence-corrected chi connectivity index (χ3v) is 4.16. The molecule has 3 rings (SSSR count). The number of carbonyl (C=O) groups excluding carboxylic acids is 1. The van der Waals surface area contributed by atoms with Crippen molar-refractivity contribution < 1.29 is 4.79 Å². The van der Waals surface area contributed by atoms with Gasteiger partial charge >= 0.3 is 0 Å². The minimum absolute atomic E-state index is 0.545. The van der Waals surface area contributed by atoms with Gasteiger partial charge < -0.3 is 0 Å². The third-order valence-electron chi connectivity index (χ3n) is 2.81. The van der Waals surface area contributed by atoms with E-state index in [4.69, 9.17) is 11.6 Å². The van der Waals surface area contributed by atoms with Crippen LogP contribution in [0.3, 0.4) is 0 Å². The molecule has 0 saturated heterocycles. The summed E-state index contributed by atoms with van der Waals surface area (Å²) in [5.41, 5.74) is 1.44. The Morgan fingerprint density at radius 3 is 2.80 bits per heavy atom. The summed E-state index contributed by atoms with van der Waals surface area (Å²) in [4.78, 5) is 20.5. The highest BCUT2D eigenvalue weighted by molar-refractivity contribution is 7.99. The first-order valence-corrected chi connectivity index (χ1v) is 7.10. The quantitative estimate of drug-likeness (QED) is 0.536. The van der Waals surface area contributed by atoms with Crippen molar-refractivity contribution >= 4 is 40.6 Å². The van der Waals surface area contributed by atoms with Gasteiger partial charge in [0.2, 0.25) is 0 Å². The van der Waals surface area contributed by atoms with Gasteiger partial charge in [0.05, 0.1) is 5.52 Å². The summed E-state index contributed by atoms with van der Waals surface area (Å²) >= 11 is 7.34. The fourth-order valence-corrected chi connectivity index (χ4v) is 3.00. The van der Waals surface area contributed by atoms with Crippen LogP contribution in [0.1, 0.15) is 10.4 Å². The Morgan fingerprint density at radius 1 is 1.10 bits per heavy atom. The number of rotatable bonds is 3. The number of halogens is 1. The molecule has 0 radical (unpaired) electrons. The van der Waals surface area contributed by atoms with Gasteiger partial charge in [-0.2, -0.15) is 0 Å². The summed E-state index contributed by atoms with van der Waals surface area (Å²) in [6.45, 7) is 0. The second kappa shape index (κ2) is 5.61. The van der Waals surface area contributed by atoms with Gasteiger partial charge in [0.25, 0.3) is 0 Å². The summed E-state index contributed by atoms with van der Waals surface area (Å²) in [5, 5.41) is 2.33. The van der Waals surface area contributed by atoms with Crippen LogP contribution in [0.5, 0.6) is 0 Å². The molecule has 0 atom stereocenters. The zero-order chi connectivity index (χ0) is 13.9. The van der Waals surface area contributed by atoms with E-state index in [2.05, 4.69) is 9.97 Å². The van der Waals surface area contributed by atoms with Crippen molar-refractivity contribution in [3.8, 4) is 0 Å². The lowest BCUT2D eigenvalue weighted by Crippen LogP contribution is -1.89. The molecule has 3 aromatic rings. The molecule has 3 nitrogen and oxygen atoms in total. The molecule has 0 N–H and O–H groups in total. The van der Waals surface area contributed by atoms with Crippen LogP contribution < -0.4 is 0 Å². The maximum Gasteiger partial charge on any atom is 0.151 e. The maximum absolute atomic E-state index is 11.1. The van der Waals surface area contributed by atoms with E-state index in [0.29, 0.717) is 10.6 Å². The normalized spacial score (nSPS) is 10.7. The number of benzene rings is 2. The van der Waals surface area contributed by atoms with E-state index in [1.807, 2.05) is 30.3 Å². The number of hydrogen-bond donors (Lipinski definition) is 0. The molecule has 0 aliphatic heterocycles. The van der Waals surface area contributed by atoms with Crippen LogP contribution in [0.15, 0.2) is 58.7 Å². The Kier molecular flexibility index (Phi) is 3.67. The van der Waals surface area contributed by atoms with E-state index >= 15 is 0 Å². The number of aromatic nitrogens is 2. The monoisotopic (exact) mass is 300 g/mol. The predicted molar refractivity (Wildman–Crippen MR) is 80.5 cm³/mol. The zero-order valence-electron chi connectivity index (χ0n) is 10.3. The number of hydrogen-bond acceptors (Lipinski definition) is 4. The van der Waals surface area contributed by atoms with Gasteiger partial charge in [-0.05, 0) is 24.3 Å².